The van der Waals surface area contributed by atoms with Crippen LogP contribution in [-0.2, 0) is 6.54 Å². The number of ether oxygens (including phenoxy) is 2. The van der Waals surface area contributed by atoms with E-state index in [0.717, 1.165) is 27.2 Å². The van der Waals surface area contributed by atoms with Gasteiger partial charge in [0.15, 0.2) is 11.5 Å². The van der Waals surface area contributed by atoms with Crippen molar-refractivity contribution in [2.75, 3.05) is 19.5 Å². The van der Waals surface area contributed by atoms with Crippen molar-refractivity contribution in [3.8, 4) is 11.5 Å². The van der Waals surface area contributed by atoms with Gasteiger partial charge in [-0.1, -0.05) is 22.0 Å². The fraction of sp³-hybridized carbons (Fsp3) is 0.200. The van der Waals surface area contributed by atoms with Gasteiger partial charge in [0, 0.05) is 20.3 Å². The quantitative estimate of drug-likeness (QED) is 0.675. The molecule has 0 atom stereocenters. The van der Waals surface area contributed by atoms with Gasteiger partial charge in [-0.15, -0.1) is 0 Å². The van der Waals surface area contributed by atoms with Crippen LogP contribution in [0.1, 0.15) is 5.56 Å². The van der Waals surface area contributed by atoms with Gasteiger partial charge in [0.05, 0.1) is 14.2 Å². The van der Waals surface area contributed by atoms with Crippen LogP contribution in [0.3, 0.4) is 0 Å². The maximum atomic E-state index is 5.33. The fourth-order valence-corrected chi connectivity index (χ4v) is 2.83. The summed E-state index contributed by atoms with van der Waals surface area (Å²) in [6, 6.07) is 12.2. The van der Waals surface area contributed by atoms with Crippen LogP contribution in [-0.4, -0.2) is 14.2 Å². The van der Waals surface area contributed by atoms with Gasteiger partial charge in [-0.25, -0.2) is 0 Å². The molecule has 2 aromatic carbocycles. The Balaban J connectivity index is 2.17. The summed E-state index contributed by atoms with van der Waals surface area (Å²) < 4.78 is 12.8. The van der Waals surface area contributed by atoms with Gasteiger partial charge in [-0.05, 0) is 58.5 Å². The van der Waals surface area contributed by atoms with Gasteiger partial charge >= 0.3 is 0 Å². The van der Waals surface area contributed by atoms with Crippen molar-refractivity contribution in [2.45, 2.75) is 6.54 Å². The monoisotopic (exact) mass is 447 g/mol. The van der Waals surface area contributed by atoms with E-state index in [0.29, 0.717) is 6.54 Å². The highest BCUT2D eigenvalue weighted by Gasteiger charge is 2.09. The number of hydrogen-bond donors (Lipinski definition) is 1. The van der Waals surface area contributed by atoms with Crippen molar-refractivity contribution < 1.29 is 9.47 Å². The summed E-state index contributed by atoms with van der Waals surface area (Å²) in [5.74, 6) is 1.45. The van der Waals surface area contributed by atoms with Crippen LogP contribution in [0, 0.1) is 3.57 Å². The zero-order valence-corrected chi connectivity index (χ0v) is 15.0. The second-order valence-electron chi connectivity index (χ2n) is 4.16. The molecule has 0 spiro atoms. The maximum Gasteiger partial charge on any atom is 0.161 e. The van der Waals surface area contributed by atoms with Crippen molar-refractivity contribution in [3.63, 3.8) is 0 Å². The molecule has 0 fully saturated rings. The predicted octanol–water partition coefficient (Wildman–Crippen LogP) is 4.68. The van der Waals surface area contributed by atoms with E-state index in [1.54, 1.807) is 14.2 Å². The second kappa shape index (κ2) is 7.17. The largest absolute Gasteiger partial charge is 0.493 e. The van der Waals surface area contributed by atoms with Gasteiger partial charge in [-0.2, -0.15) is 0 Å². The molecule has 2 rings (SSSR count). The number of halogens is 2. The highest BCUT2D eigenvalue weighted by molar-refractivity contribution is 14.1. The molecule has 20 heavy (non-hydrogen) atoms. The minimum absolute atomic E-state index is 0.709. The predicted molar refractivity (Wildman–Crippen MR) is 93.7 cm³/mol. The molecule has 0 aliphatic rings. The molecule has 0 bridgehead atoms. The lowest BCUT2D eigenvalue weighted by Gasteiger charge is -2.13. The van der Waals surface area contributed by atoms with Gasteiger partial charge < -0.3 is 14.8 Å². The molecule has 0 unspecified atom stereocenters. The molecule has 0 aliphatic heterocycles. The van der Waals surface area contributed by atoms with E-state index in [9.17, 15) is 0 Å². The Morgan fingerprint density at radius 2 is 1.80 bits per heavy atom. The zero-order chi connectivity index (χ0) is 14.5. The molecule has 106 valence electrons. The van der Waals surface area contributed by atoms with E-state index < -0.39 is 0 Å². The first kappa shape index (κ1) is 15.4. The summed E-state index contributed by atoms with van der Waals surface area (Å²) in [6.45, 7) is 0.709. The number of hydrogen-bond acceptors (Lipinski definition) is 3. The lowest BCUT2D eigenvalue weighted by molar-refractivity contribution is 0.354. The van der Waals surface area contributed by atoms with E-state index >= 15 is 0 Å². The molecule has 0 heterocycles. The molecular formula is C15H15BrINO2. The van der Waals surface area contributed by atoms with E-state index in [1.165, 1.54) is 3.57 Å². The fourth-order valence-electron chi connectivity index (χ4n) is 1.83. The minimum Gasteiger partial charge on any atom is -0.493 e. The lowest BCUT2D eigenvalue weighted by Crippen LogP contribution is -2.02. The topological polar surface area (TPSA) is 30.5 Å². The molecule has 1 N–H and O–H groups in total. The number of benzene rings is 2. The average Bonchev–Trinajstić information content (AvgIpc) is 2.45. The SMILES string of the molecule is COc1cc(Br)c(CNc2cccc(I)c2)cc1OC. The summed E-state index contributed by atoms with van der Waals surface area (Å²) in [7, 11) is 3.27. The first-order valence-electron chi connectivity index (χ1n) is 6.04. The number of nitrogens with one attached hydrogen (secondary N) is 1. The Labute approximate surface area is 140 Å². The van der Waals surface area contributed by atoms with Crippen LogP contribution < -0.4 is 14.8 Å². The van der Waals surface area contributed by atoms with Crippen molar-refractivity contribution in [1.82, 2.24) is 0 Å². The summed E-state index contributed by atoms with van der Waals surface area (Å²) in [6.07, 6.45) is 0. The molecule has 0 aliphatic carbocycles. The van der Waals surface area contributed by atoms with E-state index in [4.69, 9.17) is 9.47 Å². The van der Waals surface area contributed by atoms with Gasteiger partial charge in [0.25, 0.3) is 0 Å². The first-order chi connectivity index (χ1) is 9.63. The summed E-state index contributed by atoms with van der Waals surface area (Å²) in [4.78, 5) is 0. The molecule has 2 aromatic rings. The maximum absolute atomic E-state index is 5.33. The molecule has 0 aromatic heterocycles. The average molecular weight is 448 g/mol. The molecule has 0 amide bonds. The smallest absolute Gasteiger partial charge is 0.161 e. The summed E-state index contributed by atoms with van der Waals surface area (Å²) in [5, 5.41) is 3.40. The normalized spacial score (nSPS) is 10.2. The standard InChI is InChI=1S/C15H15BrINO2/c1-19-14-6-10(13(16)8-15(14)20-2)9-18-12-5-3-4-11(17)7-12/h3-8,18H,9H2,1-2H3. The van der Waals surface area contributed by atoms with Crippen molar-refractivity contribution in [3.05, 3.63) is 50.0 Å². The van der Waals surface area contributed by atoms with Crippen molar-refractivity contribution >= 4 is 44.2 Å². The van der Waals surface area contributed by atoms with Gasteiger partial charge in [0.2, 0.25) is 0 Å². The van der Waals surface area contributed by atoms with Gasteiger partial charge in [-0.3, -0.25) is 0 Å². The highest BCUT2D eigenvalue weighted by atomic mass is 127. The Bertz CT molecular complexity index is 604. The van der Waals surface area contributed by atoms with Gasteiger partial charge in [0.1, 0.15) is 0 Å². The van der Waals surface area contributed by atoms with Crippen LogP contribution >= 0.6 is 38.5 Å². The van der Waals surface area contributed by atoms with Crippen LogP contribution in [0.5, 0.6) is 11.5 Å². The Hall–Kier alpha value is -0.950. The summed E-state index contributed by atoms with van der Waals surface area (Å²) >= 11 is 5.86. The third-order valence-corrected chi connectivity index (χ3v) is 4.27. The lowest BCUT2D eigenvalue weighted by atomic mass is 10.2. The highest BCUT2D eigenvalue weighted by Crippen LogP contribution is 2.33. The Kier molecular flexibility index (Phi) is 5.54. The number of anilines is 1. The van der Waals surface area contributed by atoms with Crippen molar-refractivity contribution in [2.24, 2.45) is 0 Å². The Morgan fingerprint density at radius 1 is 1.10 bits per heavy atom. The van der Waals surface area contributed by atoms with Crippen LogP contribution in [0.2, 0.25) is 0 Å². The molecule has 5 heteroatoms. The van der Waals surface area contributed by atoms with E-state index in [-0.39, 0.29) is 0 Å². The molecule has 0 saturated carbocycles. The van der Waals surface area contributed by atoms with Crippen LogP contribution in [0.4, 0.5) is 5.69 Å². The number of rotatable bonds is 5. The molecule has 0 radical (unpaired) electrons. The zero-order valence-electron chi connectivity index (χ0n) is 11.2. The van der Waals surface area contributed by atoms with E-state index in [1.807, 2.05) is 18.2 Å². The third-order valence-electron chi connectivity index (χ3n) is 2.86. The summed E-state index contributed by atoms with van der Waals surface area (Å²) in [5.41, 5.74) is 2.21. The molecule has 3 nitrogen and oxygen atoms in total. The van der Waals surface area contributed by atoms with Crippen LogP contribution in [0.25, 0.3) is 0 Å². The minimum atomic E-state index is 0.709. The first-order valence-corrected chi connectivity index (χ1v) is 7.91. The molecular weight excluding hydrogens is 433 g/mol. The third kappa shape index (κ3) is 3.79. The Morgan fingerprint density at radius 3 is 2.45 bits per heavy atom. The van der Waals surface area contributed by atoms with E-state index in [2.05, 4.69) is 62.0 Å². The van der Waals surface area contributed by atoms with Crippen molar-refractivity contribution in [1.29, 1.82) is 0 Å². The second-order valence-corrected chi connectivity index (χ2v) is 6.26. The number of methoxy groups -OCH3 is 2. The van der Waals surface area contributed by atoms with Crippen LogP contribution in [0.15, 0.2) is 40.9 Å². The molecule has 0 saturated heterocycles.